The van der Waals surface area contributed by atoms with Crippen LogP contribution >= 0.6 is 0 Å². The largest absolute Gasteiger partial charge is 0.296 e. The van der Waals surface area contributed by atoms with E-state index < -0.39 is 10.0 Å². The van der Waals surface area contributed by atoms with Gasteiger partial charge in [0, 0.05) is 17.6 Å². The minimum atomic E-state index is -3.57. The molecule has 1 aromatic carbocycles. The minimum absolute atomic E-state index is 0.0679. The SMILES string of the molecule is C=CC[C@H]1C[C@@H](CON2C(C)(C)CCCC2(C)C)N(S(=O)(=O)c2ccc(C)cc2)C1. The first-order chi connectivity index (χ1) is 14.0. The van der Waals surface area contributed by atoms with Gasteiger partial charge in [-0.3, -0.25) is 4.84 Å². The number of rotatable bonds is 7. The van der Waals surface area contributed by atoms with Crippen LogP contribution in [0.3, 0.4) is 0 Å². The summed E-state index contributed by atoms with van der Waals surface area (Å²) < 4.78 is 28.5. The summed E-state index contributed by atoms with van der Waals surface area (Å²) in [5.74, 6) is 0.277. The van der Waals surface area contributed by atoms with Crippen LogP contribution in [0, 0.1) is 12.8 Å². The second kappa shape index (κ2) is 8.73. The van der Waals surface area contributed by atoms with E-state index in [1.807, 2.05) is 25.1 Å². The van der Waals surface area contributed by atoms with E-state index in [1.54, 1.807) is 16.4 Å². The molecule has 0 spiro atoms. The zero-order chi connectivity index (χ0) is 22.2. The number of sulfonamides is 1. The summed E-state index contributed by atoms with van der Waals surface area (Å²) in [5.41, 5.74) is 0.914. The number of hydroxylamine groups is 2. The molecule has 0 aliphatic carbocycles. The summed E-state index contributed by atoms with van der Waals surface area (Å²) in [6.45, 7) is 15.6. The highest BCUT2D eigenvalue weighted by atomic mass is 32.2. The maximum atomic E-state index is 13.4. The standard InChI is InChI=1S/C24H38N2O3S/c1-7-9-20-16-21(18-29-26-23(3,4)14-8-15-24(26,5)6)25(17-20)30(27,28)22-12-10-19(2)11-13-22/h7,10-13,20-21H,1,8-9,14-18H2,2-6H3/t20-,21-/m0/s1. The molecule has 0 radical (unpaired) electrons. The van der Waals surface area contributed by atoms with Crippen molar-refractivity contribution in [1.29, 1.82) is 0 Å². The normalized spacial score (nSPS) is 27.2. The van der Waals surface area contributed by atoms with Gasteiger partial charge in [-0.05, 0) is 84.8 Å². The minimum Gasteiger partial charge on any atom is -0.296 e. The molecule has 0 aromatic heterocycles. The van der Waals surface area contributed by atoms with Gasteiger partial charge in [-0.1, -0.05) is 23.8 Å². The van der Waals surface area contributed by atoms with Crippen LogP contribution in [0.15, 0.2) is 41.8 Å². The molecule has 2 saturated heterocycles. The number of allylic oxidation sites excluding steroid dienone is 1. The maximum Gasteiger partial charge on any atom is 0.243 e. The van der Waals surface area contributed by atoms with Crippen molar-refractivity contribution in [3.8, 4) is 0 Å². The number of piperidine rings is 1. The van der Waals surface area contributed by atoms with Crippen molar-refractivity contribution in [2.45, 2.75) is 88.7 Å². The van der Waals surface area contributed by atoms with Crippen LogP contribution in [0.5, 0.6) is 0 Å². The van der Waals surface area contributed by atoms with Gasteiger partial charge in [-0.25, -0.2) is 8.42 Å². The fourth-order valence-electron chi connectivity index (χ4n) is 5.16. The second-order valence-electron chi connectivity index (χ2n) is 10.2. The first kappa shape index (κ1) is 23.5. The Morgan fingerprint density at radius 1 is 1.13 bits per heavy atom. The number of benzene rings is 1. The molecule has 0 bridgehead atoms. The first-order valence-corrected chi connectivity index (χ1v) is 12.5. The van der Waals surface area contributed by atoms with Gasteiger partial charge in [0.15, 0.2) is 0 Å². The Bertz CT molecular complexity index is 830. The molecule has 0 saturated carbocycles. The van der Waals surface area contributed by atoms with Crippen molar-refractivity contribution in [1.82, 2.24) is 9.37 Å². The zero-order valence-electron chi connectivity index (χ0n) is 19.2. The predicted octanol–water partition coefficient (Wildman–Crippen LogP) is 4.93. The zero-order valence-corrected chi connectivity index (χ0v) is 20.0. The average molecular weight is 435 g/mol. The topological polar surface area (TPSA) is 49.9 Å². The van der Waals surface area contributed by atoms with E-state index in [0.29, 0.717) is 18.0 Å². The Morgan fingerprint density at radius 2 is 1.73 bits per heavy atom. The molecule has 6 heteroatoms. The van der Waals surface area contributed by atoms with Crippen LogP contribution in [-0.4, -0.2) is 48.1 Å². The molecular formula is C24H38N2O3S. The van der Waals surface area contributed by atoms with Gasteiger partial charge in [-0.2, -0.15) is 9.37 Å². The van der Waals surface area contributed by atoms with Crippen LogP contribution in [0.2, 0.25) is 0 Å². The lowest BCUT2D eigenvalue weighted by Crippen LogP contribution is -2.59. The van der Waals surface area contributed by atoms with E-state index in [0.717, 1.165) is 31.2 Å². The Labute approximate surface area is 183 Å². The Morgan fingerprint density at radius 3 is 2.30 bits per heavy atom. The summed E-state index contributed by atoms with van der Waals surface area (Å²) in [4.78, 5) is 6.76. The number of hydrogen-bond acceptors (Lipinski definition) is 4. The van der Waals surface area contributed by atoms with Crippen molar-refractivity contribution in [2.24, 2.45) is 5.92 Å². The second-order valence-corrected chi connectivity index (χ2v) is 12.1. The molecule has 0 unspecified atom stereocenters. The highest BCUT2D eigenvalue weighted by molar-refractivity contribution is 7.89. The van der Waals surface area contributed by atoms with Gasteiger partial charge >= 0.3 is 0 Å². The fourth-order valence-corrected chi connectivity index (χ4v) is 6.86. The average Bonchev–Trinajstić information content (AvgIpc) is 3.04. The van der Waals surface area contributed by atoms with Crippen molar-refractivity contribution in [2.75, 3.05) is 13.2 Å². The number of hydrogen-bond donors (Lipinski definition) is 0. The van der Waals surface area contributed by atoms with Crippen LogP contribution in [0.4, 0.5) is 0 Å². The molecule has 30 heavy (non-hydrogen) atoms. The van der Waals surface area contributed by atoms with E-state index in [2.05, 4.69) is 39.3 Å². The molecule has 2 aliphatic heterocycles. The Kier molecular flexibility index (Phi) is 6.83. The molecule has 1 aromatic rings. The van der Waals surface area contributed by atoms with Crippen molar-refractivity contribution < 1.29 is 13.3 Å². The summed E-state index contributed by atoms with van der Waals surface area (Å²) in [7, 11) is -3.57. The van der Waals surface area contributed by atoms with E-state index in [4.69, 9.17) is 4.84 Å². The Balaban J connectivity index is 1.82. The quantitative estimate of drug-likeness (QED) is 0.571. The highest BCUT2D eigenvalue weighted by Crippen LogP contribution is 2.39. The lowest BCUT2D eigenvalue weighted by molar-refractivity contribution is -0.284. The number of nitrogens with zero attached hydrogens (tertiary/aromatic N) is 2. The molecule has 0 N–H and O–H groups in total. The maximum absolute atomic E-state index is 13.4. The third-order valence-corrected chi connectivity index (χ3v) is 8.58. The summed E-state index contributed by atoms with van der Waals surface area (Å²) >= 11 is 0. The van der Waals surface area contributed by atoms with E-state index >= 15 is 0 Å². The summed E-state index contributed by atoms with van der Waals surface area (Å²) in [6.07, 6.45) is 6.83. The number of aryl methyl sites for hydroxylation is 1. The molecule has 2 atom stereocenters. The molecule has 3 rings (SSSR count). The molecule has 168 valence electrons. The van der Waals surface area contributed by atoms with Crippen LogP contribution in [0.25, 0.3) is 0 Å². The lowest BCUT2D eigenvalue weighted by atomic mass is 9.82. The Hall–Kier alpha value is -1.21. The van der Waals surface area contributed by atoms with Crippen LogP contribution in [0.1, 0.15) is 65.4 Å². The third kappa shape index (κ3) is 4.82. The van der Waals surface area contributed by atoms with E-state index in [9.17, 15) is 8.42 Å². The summed E-state index contributed by atoms with van der Waals surface area (Å²) in [6, 6.07) is 6.96. The fraction of sp³-hybridized carbons (Fsp3) is 0.667. The van der Waals surface area contributed by atoms with Crippen molar-refractivity contribution in [3.05, 3.63) is 42.5 Å². The summed E-state index contributed by atoms with van der Waals surface area (Å²) in [5, 5.41) is 2.13. The molecule has 2 heterocycles. The molecular weight excluding hydrogens is 396 g/mol. The molecule has 0 amide bonds. The highest BCUT2D eigenvalue weighted by Gasteiger charge is 2.45. The third-order valence-electron chi connectivity index (χ3n) is 6.65. The molecule has 2 aliphatic rings. The molecule has 2 fully saturated rings. The van der Waals surface area contributed by atoms with Crippen molar-refractivity contribution in [3.63, 3.8) is 0 Å². The first-order valence-electron chi connectivity index (χ1n) is 11.1. The van der Waals surface area contributed by atoms with Gasteiger partial charge in [0.2, 0.25) is 10.0 Å². The van der Waals surface area contributed by atoms with Crippen LogP contribution in [-0.2, 0) is 14.9 Å². The van der Waals surface area contributed by atoms with Crippen molar-refractivity contribution >= 4 is 10.0 Å². The van der Waals surface area contributed by atoms with Gasteiger partial charge in [0.1, 0.15) is 0 Å². The monoisotopic (exact) mass is 434 g/mol. The van der Waals surface area contributed by atoms with E-state index in [1.165, 1.54) is 6.42 Å². The van der Waals surface area contributed by atoms with Crippen LogP contribution < -0.4 is 0 Å². The lowest BCUT2D eigenvalue weighted by Gasteiger charge is -2.51. The molecule has 5 nitrogen and oxygen atoms in total. The smallest absolute Gasteiger partial charge is 0.243 e. The van der Waals surface area contributed by atoms with Gasteiger partial charge in [0.25, 0.3) is 0 Å². The predicted molar refractivity (Wildman–Crippen MR) is 122 cm³/mol. The van der Waals surface area contributed by atoms with Gasteiger partial charge in [0.05, 0.1) is 17.5 Å². The van der Waals surface area contributed by atoms with Gasteiger partial charge in [-0.15, -0.1) is 6.58 Å². The van der Waals surface area contributed by atoms with E-state index in [-0.39, 0.29) is 23.0 Å². The van der Waals surface area contributed by atoms with Gasteiger partial charge < -0.3 is 0 Å².